The Hall–Kier alpha value is -3.33. The second-order valence-electron chi connectivity index (χ2n) is 9.14. The first-order chi connectivity index (χ1) is 18.2. The molecule has 0 saturated heterocycles. The molecule has 0 fully saturated rings. The topological polar surface area (TPSA) is 12.5 Å². The largest absolute Gasteiger partial charge is 0.492 e. The van der Waals surface area contributed by atoms with Gasteiger partial charge in [-0.1, -0.05) is 123 Å². The van der Waals surface area contributed by atoms with Gasteiger partial charge in [0.25, 0.3) is 0 Å². The smallest absolute Gasteiger partial charge is 0.119 e. The van der Waals surface area contributed by atoms with Crippen LogP contribution in [0.4, 0.5) is 0 Å². The van der Waals surface area contributed by atoms with Crippen LogP contribution in [0, 0.1) is 0 Å². The van der Waals surface area contributed by atoms with Gasteiger partial charge in [-0.05, 0) is 65.9 Å². The standard InChI is InChI=1S/C34H36ClNO/c1-3-36(4-2)25-26-37-32-23-21-30(22-24-32)33(29-13-9-6-10-14-29)34(35)31-19-17-28(18-20-31)16-15-27-11-7-5-8-12-27/h5-14,17-24H,3-4,15-16,25-26H2,1-2H3/b34-33+. The Kier molecular flexibility index (Phi) is 9.99. The van der Waals surface area contributed by atoms with E-state index in [0.29, 0.717) is 6.61 Å². The highest BCUT2D eigenvalue weighted by molar-refractivity contribution is 6.53. The van der Waals surface area contributed by atoms with Crippen LogP contribution in [0.2, 0.25) is 0 Å². The van der Waals surface area contributed by atoms with E-state index < -0.39 is 0 Å². The maximum absolute atomic E-state index is 7.10. The normalized spacial score (nSPS) is 11.9. The first-order valence-corrected chi connectivity index (χ1v) is 13.6. The van der Waals surface area contributed by atoms with Gasteiger partial charge in [-0.2, -0.15) is 0 Å². The molecule has 2 nitrogen and oxygen atoms in total. The summed E-state index contributed by atoms with van der Waals surface area (Å²) in [6.07, 6.45) is 2.04. The predicted octanol–water partition coefficient (Wildman–Crippen LogP) is 8.35. The molecule has 0 aliphatic carbocycles. The van der Waals surface area contributed by atoms with Crippen molar-refractivity contribution >= 4 is 22.2 Å². The minimum Gasteiger partial charge on any atom is -0.492 e. The molecular formula is C34H36ClNO. The van der Waals surface area contributed by atoms with Crippen LogP contribution in [0.1, 0.15) is 41.7 Å². The van der Waals surface area contributed by atoms with Gasteiger partial charge < -0.3 is 9.64 Å². The summed E-state index contributed by atoms with van der Waals surface area (Å²) in [5.41, 5.74) is 6.87. The third kappa shape index (κ3) is 7.58. The zero-order valence-electron chi connectivity index (χ0n) is 21.9. The maximum Gasteiger partial charge on any atom is 0.119 e. The molecule has 4 rings (SSSR count). The Morgan fingerprint density at radius 2 is 1.14 bits per heavy atom. The van der Waals surface area contributed by atoms with Gasteiger partial charge in [-0.3, -0.25) is 0 Å². The zero-order valence-corrected chi connectivity index (χ0v) is 22.6. The van der Waals surface area contributed by atoms with Crippen LogP contribution in [0.15, 0.2) is 109 Å². The van der Waals surface area contributed by atoms with Gasteiger partial charge in [0.05, 0.1) is 5.03 Å². The van der Waals surface area contributed by atoms with Crippen molar-refractivity contribution in [2.75, 3.05) is 26.2 Å². The lowest BCUT2D eigenvalue weighted by atomic mass is 9.94. The van der Waals surface area contributed by atoms with Crippen LogP contribution < -0.4 is 4.74 Å². The molecule has 0 aliphatic rings. The van der Waals surface area contributed by atoms with E-state index in [4.69, 9.17) is 16.3 Å². The first kappa shape index (κ1) is 26.7. The van der Waals surface area contributed by atoms with Crippen LogP contribution in [-0.2, 0) is 12.8 Å². The minimum atomic E-state index is 0.680. The Balaban J connectivity index is 1.53. The molecule has 0 bridgehead atoms. The number of benzene rings is 4. The van der Waals surface area contributed by atoms with E-state index in [0.717, 1.165) is 65.5 Å². The van der Waals surface area contributed by atoms with Crippen LogP contribution >= 0.6 is 11.6 Å². The quantitative estimate of drug-likeness (QED) is 0.178. The van der Waals surface area contributed by atoms with Gasteiger partial charge in [0.15, 0.2) is 0 Å². The number of nitrogens with zero attached hydrogens (tertiary/aromatic N) is 1. The fourth-order valence-corrected chi connectivity index (χ4v) is 4.81. The monoisotopic (exact) mass is 509 g/mol. The molecule has 0 atom stereocenters. The number of hydrogen-bond donors (Lipinski definition) is 0. The Bertz CT molecular complexity index is 1240. The molecule has 0 heterocycles. The average Bonchev–Trinajstić information content (AvgIpc) is 2.96. The second kappa shape index (κ2) is 13.8. The lowest BCUT2D eigenvalue weighted by Crippen LogP contribution is -2.27. The van der Waals surface area contributed by atoms with Gasteiger partial charge in [0.2, 0.25) is 0 Å². The SMILES string of the molecule is CCN(CC)CCOc1ccc(/C(=C(/Cl)c2ccc(CCc3ccccc3)cc2)c2ccccc2)cc1. The van der Waals surface area contributed by atoms with E-state index in [-0.39, 0.29) is 0 Å². The summed E-state index contributed by atoms with van der Waals surface area (Å²) in [5, 5.41) is 0.746. The van der Waals surface area contributed by atoms with Crippen molar-refractivity contribution in [1.29, 1.82) is 0 Å². The van der Waals surface area contributed by atoms with Crippen molar-refractivity contribution in [3.05, 3.63) is 137 Å². The number of halogens is 1. The fourth-order valence-electron chi connectivity index (χ4n) is 4.47. The Morgan fingerprint density at radius 1 is 0.622 bits per heavy atom. The highest BCUT2D eigenvalue weighted by Crippen LogP contribution is 2.35. The van der Waals surface area contributed by atoms with Crippen molar-refractivity contribution in [3.8, 4) is 5.75 Å². The molecule has 4 aromatic rings. The van der Waals surface area contributed by atoms with Gasteiger partial charge in [-0.15, -0.1) is 0 Å². The summed E-state index contributed by atoms with van der Waals surface area (Å²) in [6, 6.07) is 37.9. The summed E-state index contributed by atoms with van der Waals surface area (Å²) in [6.45, 7) is 8.04. The minimum absolute atomic E-state index is 0.680. The molecule has 0 N–H and O–H groups in total. The maximum atomic E-state index is 7.10. The molecule has 0 aromatic heterocycles. The second-order valence-corrected chi connectivity index (χ2v) is 9.52. The number of likely N-dealkylation sites (N-methyl/N-ethyl adjacent to an activating group) is 1. The molecule has 0 spiro atoms. The molecule has 0 amide bonds. The van der Waals surface area contributed by atoms with E-state index >= 15 is 0 Å². The summed E-state index contributed by atoms with van der Waals surface area (Å²) in [4.78, 5) is 2.36. The van der Waals surface area contributed by atoms with E-state index in [9.17, 15) is 0 Å². The molecular weight excluding hydrogens is 474 g/mol. The molecule has 190 valence electrons. The number of rotatable bonds is 12. The lowest BCUT2D eigenvalue weighted by molar-refractivity contribution is 0.223. The molecule has 4 aromatic carbocycles. The van der Waals surface area contributed by atoms with Crippen LogP contribution in [-0.4, -0.2) is 31.1 Å². The third-order valence-electron chi connectivity index (χ3n) is 6.75. The predicted molar refractivity (Wildman–Crippen MR) is 158 cm³/mol. The first-order valence-electron chi connectivity index (χ1n) is 13.2. The number of hydrogen-bond acceptors (Lipinski definition) is 2. The average molecular weight is 510 g/mol. The van der Waals surface area contributed by atoms with E-state index in [1.54, 1.807) is 0 Å². The van der Waals surface area contributed by atoms with Gasteiger partial charge in [0, 0.05) is 12.1 Å². The zero-order chi connectivity index (χ0) is 25.9. The highest BCUT2D eigenvalue weighted by atomic mass is 35.5. The Morgan fingerprint density at radius 3 is 1.73 bits per heavy atom. The van der Waals surface area contributed by atoms with Crippen molar-refractivity contribution in [3.63, 3.8) is 0 Å². The van der Waals surface area contributed by atoms with Gasteiger partial charge in [-0.25, -0.2) is 0 Å². The third-order valence-corrected chi connectivity index (χ3v) is 7.16. The molecule has 0 aliphatic heterocycles. The summed E-state index contributed by atoms with van der Waals surface area (Å²) >= 11 is 7.10. The van der Waals surface area contributed by atoms with E-state index in [2.05, 4.69) is 110 Å². The summed E-state index contributed by atoms with van der Waals surface area (Å²) < 4.78 is 6.00. The summed E-state index contributed by atoms with van der Waals surface area (Å²) in [7, 11) is 0. The van der Waals surface area contributed by atoms with Gasteiger partial charge >= 0.3 is 0 Å². The molecule has 3 heteroatoms. The van der Waals surface area contributed by atoms with Crippen molar-refractivity contribution in [2.24, 2.45) is 0 Å². The van der Waals surface area contributed by atoms with Crippen LogP contribution in [0.5, 0.6) is 5.75 Å². The Labute approximate surface area is 227 Å². The van der Waals surface area contributed by atoms with Crippen molar-refractivity contribution in [2.45, 2.75) is 26.7 Å². The van der Waals surface area contributed by atoms with Crippen molar-refractivity contribution < 1.29 is 4.74 Å². The molecule has 37 heavy (non-hydrogen) atoms. The molecule has 0 saturated carbocycles. The highest BCUT2D eigenvalue weighted by Gasteiger charge is 2.13. The molecule has 0 unspecified atom stereocenters. The van der Waals surface area contributed by atoms with Crippen molar-refractivity contribution in [1.82, 2.24) is 4.90 Å². The molecule has 0 radical (unpaired) electrons. The van der Waals surface area contributed by atoms with Gasteiger partial charge in [0.1, 0.15) is 12.4 Å². The lowest BCUT2D eigenvalue weighted by Gasteiger charge is -2.18. The number of aryl methyl sites for hydroxylation is 2. The van der Waals surface area contributed by atoms with Crippen LogP contribution in [0.25, 0.3) is 10.6 Å². The van der Waals surface area contributed by atoms with E-state index in [1.807, 2.05) is 18.2 Å². The van der Waals surface area contributed by atoms with Crippen LogP contribution in [0.3, 0.4) is 0 Å². The fraction of sp³-hybridized carbons (Fsp3) is 0.235. The van der Waals surface area contributed by atoms with E-state index in [1.165, 1.54) is 11.1 Å². The summed E-state index contributed by atoms with van der Waals surface area (Å²) in [5.74, 6) is 0.877. The number of ether oxygens (including phenoxy) is 1.